The van der Waals surface area contributed by atoms with Crippen molar-refractivity contribution in [1.82, 2.24) is 14.9 Å². The summed E-state index contributed by atoms with van der Waals surface area (Å²) in [5, 5.41) is 6.28. The highest BCUT2D eigenvalue weighted by atomic mass is 32.1. The molecule has 1 saturated heterocycles. The first-order valence-corrected chi connectivity index (χ1v) is 10.8. The van der Waals surface area contributed by atoms with E-state index in [9.17, 15) is 4.79 Å². The molecule has 1 fully saturated rings. The number of carbonyl (C=O) groups excluding carboxylic acids is 1. The third-order valence-corrected chi connectivity index (χ3v) is 6.11. The number of fused-ring (bicyclic) bond motifs is 1. The molecule has 1 N–H and O–H groups in total. The van der Waals surface area contributed by atoms with E-state index in [2.05, 4.69) is 63.4 Å². The van der Waals surface area contributed by atoms with Crippen molar-refractivity contribution in [2.45, 2.75) is 26.2 Å². The van der Waals surface area contributed by atoms with Gasteiger partial charge in [0.05, 0.1) is 11.9 Å². The van der Waals surface area contributed by atoms with Crippen LogP contribution in [0.1, 0.15) is 26.3 Å². The Bertz CT molecular complexity index is 1000. The topological polar surface area (TPSA) is 61.4 Å². The van der Waals surface area contributed by atoms with E-state index in [1.165, 1.54) is 0 Å². The number of amides is 1. The highest BCUT2D eigenvalue weighted by molar-refractivity contribution is 7.16. The fourth-order valence-electron chi connectivity index (χ4n) is 3.79. The van der Waals surface area contributed by atoms with Gasteiger partial charge in [0, 0.05) is 31.9 Å². The molecule has 0 aliphatic carbocycles. The summed E-state index contributed by atoms with van der Waals surface area (Å²) in [5.41, 5.74) is 2.05. The smallest absolute Gasteiger partial charge is 0.238 e. The predicted molar refractivity (Wildman–Crippen MR) is 120 cm³/mol. The molecule has 0 spiro atoms. The van der Waals surface area contributed by atoms with Gasteiger partial charge >= 0.3 is 0 Å². The molecule has 0 saturated carbocycles. The Labute approximate surface area is 175 Å². The summed E-state index contributed by atoms with van der Waals surface area (Å²) in [5.74, 6) is 1.04. The summed E-state index contributed by atoms with van der Waals surface area (Å²) >= 11 is 1.64. The van der Waals surface area contributed by atoms with E-state index in [0.29, 0.717) is 6.54 Å². The van der Waals surface area contributed by atoms with Gasteiger partial charge < -0.3 is 10.2 Å². The molecule has 29 heavy (non-hydrogen) atoms. The summed E-state index contributed by atoms with van der Waals surface area (Å²) in [6.07, 6.45) is 1.64. The lowest BCUT2D eigenvalue weighted by atomic mass is 9.86. The maximum atomic E-state index is 12.7. The van der Waals surface area contributed by atoms with Crippen LogP contribution >= 0.6 is 11.3 Å². The van der Waals surface area contributed by atoms with Crippen molar-refractivity contribution in [3.8, 4) is 0 Å². The quantitative estimate of drug-likeness (QED) is 0.711. The first-order valence-electron chi connectivity index (χ1n) is 9.97. The molecular weight excluding hydrogens is 382 g/mol. The summed E-state index contributed by atoms with van der Waals surface area (Å²) in [4.78, 5) is 27.0. The second-order valence-corrected chi connectivity index (χ2v) is 9.34. The largest absolute Gasteiger partial charge is 0.353 e. The molecule has 152 valence electrons. The Morgan fingerprint density at radius 2 is 1.86 bits per heavy atom. The Kier molecular flexibility index (Phi) is 5.52. The van der Waals surface area contributed by atoms with Crippen molar-refractivity contribution in [1.29, 1.82) is 0 Å². The van der Waals surface area contributed by atoms with Gasteiger partial charge in [0.25, 0.3) is 0 Å². The lowest BCUT2D eigenvalue weighted by Crippen LogP contribution is -2.49. The molecule has 0 atom stereocenters. The SMILES string of the molecule is CC(C)(C)c1ccccc1NC(=O)CN1CCN(c2ncnc3sccc23)CC1. The second-order valence-electron chi connectivity index (χ2n) is 8.44. The summed E-state index contributed by atoms with van der Waals surface area (Å²) in [7, 11) is 0. The standard InChI is InChI=1S/C22H27N5OS/c1-22(2,3)17-6-4-5-7-18(17)25-19(28)14-26-9-11-27(12-10-26)20-16-8-13-29-21(16)24-15-23-20/h4-8,13,15H,9-12,14H2,1-3H3,(H,25,28). The maximum Gasteiger partial charge on any atom is 0.238 e. The van der Waals surface area contributed by atoms with Crippen molar-refractivity contribution in [2.24, 2.45) is 0 Å². The van der Waals surface area contributed by atoms with E-state index in [4.69, 9.17) is 0 Å². The fraction of sp³-hybridized carbons (Fsp3) is 0.409. The normalized spacial score (nSPS) is 15.6. The van der Waals surface area contributed by atoms with Crippen LogP contribution in [-0.2, 0) is 10.2 Å². The molecule has 1 aliphatic rings. The van der Waals surface area contributed by atoms with Gasteiger partial charge in [-0.15, -0.1) is 11.3 Å². The highest BCUT2D eigenvalue weighted by Crippen LogP contribution is 2.29. The van der Waals surface area contributed by atoms with Crippen LogP contribution in [0.15, 0.2) is 42.0 Å². The molecule has 2 aromatic heterocycles. The molecule has 0 unspecified atom stereocenters. The molecule has 1 aliphatic heterocycles. The van der Waals surface area contributed by atoms with Crippen LogP contribution in [0.5, 0.6) is 0 Å². The van der Waals surface area contributed by atoms with Crippen LogP contribution in [-0.4, -0.2) is 53.5 Å². The van der Waals surface area contributed by atoms with Crippen LogP contribution in [0.25, 0.3) is 10.2 Å². The number of aromatic nitrogens is 2. The third-order valence-electron chi connectivity index (χ3n) is 5.29. The number of anilines is 2. The fourth-order valence-corrected chi connectivity index (χ4v) is 4.51. The molecule has 3 aromatic rings. The van der Waals surface area contributed by atoms with Gasteiger partial charge in [-0.25, -0.2) is 9.97 Å². The molecular formula is C22H27N5OS. The Morgan fingerprint density at radius 1 is 1.10 bits per heavy atom. The monoisotopic (exact) mass is 409 g/mol. The molecule has 1 amide bonds. The van der Waals surface area contributed by atoms with E-state index < -0.39 is 0 Å². The zero-order chi connectivity index (χ0) is 20.4. The average molecular weight is 410 g/mol. The number of nitrogens with one attached hydrogen (secondary N) is 1. The van der Waals surface area contributed by atoms with Crippen LogP contribution in [0.2, 0.25) is 0 Å². The summed E-state index contributed by atoms with van der Waals surface area (Å²) in [6, 6.07) is 10.1. The van der Waals surface area contributed by atoms with Crippen LogP contribution in [0.3, 0.4) is 0 Å². The minimum atomic E-state index is -0.0139. The van der Waals surface area contributed by atoms with Gasteiger partial charge in [0.2, 0.25) is 5.91 Å². The van der Waals surface area contributed by atoms with E-state index in [1.807, 2.05) is 18.2 Å². The maximum absolute atomic E-state index is 12.7. The van der Waals surface area contributed by atoms with Crippen molar-refractivity contribution in [3.05, 3.63) is 47.6 Å². The number of thiophene rings is 1. The van der Waals surface area contributed by atoms with E-state index in [0.717, 1.165) is 53.5 Å². The average Bonchev–Trinajstić information content (AvgIpc) is 3.17. The Hall–Kier alpha value is -2.51. The number of hydrogen-bond acceptors (Lipinski definition) is 6. The molecule has 0 radical (unpaired) electrons. The number of piperazine rings is 1. The molecule has 3 heterocycles. The van der Waals surface area contributed by atoms with Gasteiger partial charge in [-0.1, -0.05) is 39.0 Å². The zero-order valence-electron chi connectivity index (χ0n) is 17.2. The predicted octanol–water partition coefficient (Wildman–Crippen LogP) is 3.75. The van der Waals surface area contributed by atoms with Crippen molar-refractivity contribution >= 4 is 39.0 Å². The van der Waals surface area contributed by atoms with Gasteiger partial charge in [-0.2, -0.15) is 0 Å². The van der Waals surface area contributed by atoms with E-state index >= 15 is 0 Å². The summed E-state index contributed by atoms with van der Waals surface area (Å²) < 4.78 is 0. The zero-order valence-corrected chi connectivity index (χ0v) is 18.0. The van der Waals surface area contributed by atoms with E-state index in [-0.39, 0.29) is 11.3 Å². The molecule has 0 bridgehead atoms. The summed E-state index contributed by atoms with van der Waals surface area (Å²) in [6.45, 7) is 10.3. The number of nitrogens with zero attached hydrogens (tertiary/aromatic N) is 4. The minimum Gasteiger partial charge on any atom is -0.353 e. The highest BCUT2D eigenvalue weighted by Gasteiger charge is 2.23. The third kappa shape index (κ3) is 4.41. The second kappa shape index (κ2) is 8.08. The first kappa shape index (κ1) is 19.8. The molecule has 6 nitrogen and oxygen atoms in total. The van der Waals surface area contributed by atoms with Crippen molar-refractivity contribution < 1.29 is 4.79 Å². The van der Waals surface area contributed by atoms with Gasteiger partial charge in [0.15, 0.2) is 0 Å². The van der Waals surface area contributed by atoms with Crippen molar-refractivity contribution in [2.75, 3.05) is 42.9 Å². The van der Waals surface area contributed by atoms with Crippen LogP contribution in [0, 0.1) is 0 Å². The Balaban J connectivity index is 1.36. The van der Waals surface area contributed by atoms with Gasteiger partial charge in [-0.3, -0.25) is 9.69 Å². The number of para-hydroxylation sites is 1. The van der Waals surface area contributed by atoms with Gasteiger partial charge in [0.1, 0.15) is 17.0 Å². The number of carbonyl (C=O) groups is 1. The van der Waals surface area contributed by atoms with Gasteiger partial charge in [-0.05, 0) is 28.5 Å². The van der Waals surface area contributed by atoms with E-state index in [1.54, 1.807) is 17.7 Å². The Morgan fingerprint density at radius 3 is 2.62 bits per heavy atom. The molecule has 4 rings (SSSR count). The minimum absolute atomic E-state index is 0.0139. The number of rotatable bonds is 4. The van der Waals surface area contributed by atoms with Crippen LogP contribution < -0.4 is 10.2 Å². The number of hydrogen-bond donors (Lipinski definition) is 1. The molecule has 1 aromatic carbocycles. The first-order chi connectivity index (χ1) is 13.9. The van der Waals surface area contributed by atoms with Crippen molar-refractivity contribution in [3.63, 3.8) is 0 Å². The molecule has 7 heteroatoms. The van der Waals surface area contributed by atoms with Crippen LogP contribution in [0.4, 0.5) is 11.5 Å². The lowest BCUT2D eigenvalue weighted by molar-refractivity contribution is -0.117. The number of benzene rings is 1. The lowest BCUT2D eigenvalue weighted by Gasteiger charge is -2.35.